The average Bonchev–Trinajstić information content (AvgIpc) is 2.60. The molecule has 0 atom stereocenters. The van der Waals surface area contributed by atoms with Gasteiger partial charge in [-0.15, -0.1) is 11.8 Å². The number of unbranched alkanes of at least 4 members (excludes halogenated alkanes) is 1. The first kappa shape index (κ1) is 12.2. The van der Waals surface area contributed by atoms with E-state index in [1.165, 1.54) is 4.90 Å². The number of rotatable bonds is 5. The van der Waals surface area contributed by atoms with Crippen molar-refractivity contribution in [3.63, 3.8) is 0 Å². The van der Waals surface area contributed by atoms with E-state index in [0.717, 1.165) is 18.6 Å². The van der Waals surface area contributed by atoms with Gasteiger partial charge >= 0.3 is 0 Å². The minimum absolute atomic E-state index is 0.158. The molecule has 0 bridgehead atoms. The molecule has 0 saturated carbocycles. The Morgan fingerprint density at radius 1 is 1.12 bits per heavy atom. The fraction of sp³-hybridized carbons (Fsp3) is 0.385. The number of hydrogen-bond acceptors (Lipinski definition) is 3. The minimum Gasteiger partial charge on any atom is -0.269 e. The molecule has 0 fully saturated rings. The van der Waals surface area contributed by atoms with Crippen molar-refractivity contribution in [1.82, 2.24) is 4.90 Å². The molecule has 2 rings (SSSR count). The lowest BCUT2D eigenvalue weighted by atomic mass is 10.1. The molecule has 3 nitrogen and oxygen atoms in total. The van der Waals surface area contributed by atoms with Crippen molar-refractivity contribution >= 4 is 23.6 Å². The molecule has 1 aliphatic rings. The second-order valence-electron chi connectivity index (χ2n) is 3.97. The van der Waals surface area contributed by atoms with E-state index >= 15 is 0 Å². The van der Waals surface area contributed by atoms with Crippen molar-refractivity contribution in [2.75, 3.05) is 11.6 Å². The summed E-state index contributed by atoms with van der Waals surface area (Å²) in [7, 11) is 0. The molecule has 1 heterocycles. The first-order valence-corrected chi connectivity index (χ1v) is 6.94. The van der Waals surface area contributed by atoms with Crippen LogP contribution in [0.15, 0.2) is 24.3 Å². The quantitative estimate of drug-likeness (QED) is 0.595. The number of benzene rings is 1. The molecule has 4 heteroatoms. The SMILES string of the molecule is CCCCSCN1C(=O)c2ccccc2C1=O. The Balaban J connectivity index is 2.03. The second kappa shape index (κ2) is 5.36. The Hall–Kier alpha value is -1.29. The summed E-state index contributed by atoms with van der Waals surface area (Å²) in [6.07, 6.45) is 2.25. The Morgan fingerprint density at radius 2 is 1.71 bits per heavy atom. The van der Waals surface area contributed by atoms with Gasteiger partial charge in [-0.25, -0.2) is 0 Å². The summed E-state index contributed by atoms with van der Waals surface area (Å²) in [4.78, 5) is 25.3. The Morgan fingerprint density at radius 3 is 2.24 bits per heavy atom. The highest BCUT2D eigenvalue weighted by Crippen LogP contribution is 2.24. The van der Waals surface area contributed by atoms with Gasteiger partial charge in [0.1, 0.15) is 0 Å². The van der Waals surface area contributed by atoms with Gasteiger partial charge in [0.2, 0.25) is 0 Å². The van der Waals surface area contributed by atoms with Crippen LogP contribution >= 0.6 is 11.8 Å². The molecule has 0 aromatic heterocycles. The van der Waals surface area contributed by atoms with Crippen LogP contribution in [-0.2, 0) is 0 Å². The van der Waals surface area contributed by atoms with Crippen molar-refractivity contribution in [3.8, 4) is 0 Å². The van der Waals surface area contributed by atoms with Crippen LogP contribution in [0.4, 0.5) is 0 Å². The summed E-state index contributed by atoms with van der Waals surface area (Å²) >= 11 is 1.64. The van der Waals surface area contributed by atoms with Crippen LogP contribution in [0.1, 0.15) is 40.5 Å². The molecule has 0 aliphatic carbocycles. The van der Waals surface area contributed by atoms with E-state index in [2.05, 4.69) is 6.92 Å². The normalized spacial score (nSPS) is 14.3. The van der Waals surface area contributed by atoms with Gasteiger partial charge in [0.05, 0.1) is 17.0 Å². The number of fused-ring (bicyclic) bond motifs is 1. The van der Waals surface area contributed by atoms with Gasteiger partial charge < -0.3 is 0 Å². The first-order chi connectivity index (χ1) is 8.25. The number of carbonyl (C=O) groups excluding carboxylic acids is 2. The smallest absolute Gasteiger partial charge is 0.262 e. The van der Waals surface area contributed by atoms with Gasteiger partial charge in [0, 0.05) is 0 Å². The second-order valence-corrected chi connectivity index (χ2v) is 5.05. The summed E-state index contributed by atoms with van der Waals surface area (Å²) in [6, 6.07) is 7.01. The van der Waals surface area contributed by atoms with E-state index in [9.17, 15) is 9.59 Å². The average molecular weight is 249 g/mol. The number of hydrogen-bond donors (Lipinski definition) is 0. The number of thioether (sulfide) groups is 1. The maximum atomic E-state index is 12.0. The summed E-state index contributed by atoms with van der Waals surface area (Å²) in [5.41, 5.74) is 1.07. The van der Waals surface area contributed by atoms with Gasteiger partial charge in [-0.1, -0.05) is 25.5 Å². The van der Waals surface area contributed by atoms with E-state index in [4.69, 9.17) is 0 Å². The Bertz CT molecular complexity index is 410. The van der Waals surface area contributed by atoms with E-state index < -0.39 is 0 Å². The number of nitrogens with zero attached hydrogens (tertiary/aromatic N) is 1. The number of carbonyl (C=O) groups is 2. The van der Waals surface area contributed by atoms with Crippen LogP contribution < -0.4 is 0 Å². The highest BCUT2D eigenvalue weighted by molar-refractivity contribution is 7.99. The molecule has 0 spiro atoms. The molecule has 1 aromatic rings. The third-order valence-electron chi connectivity index (χ3n) is 2.74. The van der Waals surface area contributed by atoms with Gasteiger partial charge in [-0.05, 0) is 24.3 Å². The molecule has 1 aliphatic heterocycles. The zero-order valence-electron chi connectivity index (χ0n) is 9.81. The summed E-state index contributed by atoms with van der Waals surface area (Å²) in [6.45, 7) is 2.13. The molecule has 2 amide bonds. The number of imide groups is 1. The molecular formula is C13H15NO2S. The fourth-order valence-electron chi connectivity index (χ4n) is 1.76. The van der Waals surface area contributed by atoms with E-state index in [-0.39, 0.29) is 11.8 Å². The predicted octanol–water partition coefficient (Wildman–Crippen LogP) is 2.77. The predicted molar refractivity (Wildman–Crippen MR) is 69.2 cm³/mol. The highest BCUT2D eigenvalue weighted by atomic mass is 32.2. The third-order valence-corrected chi connectivity index (χ3v) is 3.76. The molecule has 90 valence electrons. The van der Waals surface area contributed by atoms with Crippen LogP contribution in [0.5, 0.6) is 0 Å². The standard InChI is InChI=1S/C13H15NO2S/c1-2-3-8-17-9-14-12(15)10-6-4-5-7-11(10)13(14)16/h4-7H,2-3,8-9H2,1H3. The van der Waals surface area contributed by atoms with Gasteiger partial charge in [-0.2, -0.15) is 0 Å². The lowest BCUT2D eigenvalue weighted by molar-refractivity contribution is 0.0684. The number of amides is 2. The van der Waals surface area contributed by atoms with Crippen LogP contribution in [0, 0.1) is 0 Å². The van der Waals surface area contributed by atoms with E-state index in [1.54, 1.807) is 36.0 Å². The largest absolute Gasteiger partial charge is 0.269 e. The van der Waals surface area contributed by atoms with Crippen molar-refractivity contribution < 1.29 is 9.59 Å². The molecule has 0 unspecified atom stereocenters. The molecule has 17 heavy (non-hydrogen) atoms. The van der Waals surface area contributed by atoms with Crippen molar-refractivity contribution in [1.29, 1.82) is 0 Å². The van der Waals surface area contributed by atoms with Gasteiger partial charge in [0.25, 0.3) is 11.8 Å². The lowest BCUT2D eigenvalue weighted by Crippen LogP contribution is -2.29. The summed E-state index contributed by atoms with van der Waals surface area (Å²) in [5, 5.41) is 0. The minimum atomic E-state index is -0.158. The van der Waals surface area contributed by atoms with E-state index in [1.807, 2.05) is 0 Å². The maximum absolute atomic E-state index is 12.0. The van der Waals surface area contributed by atoms with Gasteiger partial charge in [0.15, 0.2) is 0 Å². The van der Waals surface area contributed by atoms with Crippen LogP contribution in [0.2, 0.25) is 0 Å². The topological polar surface area (TPSA) is 37.4 Å². The van der Waals surface area contributed by atoms with Crippen molar-refractivity contribution in [2.24, 2.45) is 0 Å². The van der Waals surface area contributed by atoms with Crippen LogP contribution in [0.3, 0.4) is 0 Å². The van der Waals surface area contributed by atoms with Crippen LogP contribution in [-0.4, -0.2) is 28.3 Å². The molecule has 0 radical (unpaired) electrons. The summed E-state index contributed by atoms with van der Waals surface area (Å²) < 4.78 is 0. The van der Waals surface area contributed by atoms with Crippen LogP contribution in [0.25, 0.3) is 0 Å². The molecular weight excluding hydrogens is 234 g/mol. The van der Waals surface area contributed by atoms with Gasteiger partial charge in [-0.3, -0.25) is 14.5 Å². The first-order valence-electron chi connectivity index (χ1n) is 5.78. The molecule has 0 N–H and O–H groups in total. The Labute approximate surface area is 105 Å². The maximum Gasteiger partial charge on any atom is 0.262 e. The molecule has 1 aromatic carbocycles. The highest BCUT2D eigenvalue weighted by Gasteiger charge is 2.34. The van der Waals surface area contributed by atoms with E-state index in [0.29, 0.717) is 17.0 Å². The zero-order chi connectivity index (χ0) is 12.3. The Kier molecular flexibility index (Phi) is 3.84. The van der Waals surface area contributed by atoms with Crippen molar-refractivity contribution in [2.45, 2.75) is 19.8 Å². The lowest BCUT2D eigenvalue weighted by Gasteiger charge is -2.12. The zero-order valence-corrected chi connectivity index (χ0v) is 10.6. The fourth-order valence-corrected chi connectivity index (χ4v) is 2.80. The summed E-state index contributed by atoms with van der Waals surface area (Å²) in [5.74, 6) is 1.14. The molecule has 0 saturated heterocycles. The third kappa shape index (κ3) is 2.36. The van der Waals surface area contributed by atoms with Crippen molar-refractivity contribution in [3.05, 3.63) is 35.4 Å². The monoisotopic (exact) mass is 249 g/mol.